The summed E-state index contributed by atoms with van der Waals surface area (Å²) in [5, 5.41) is 0. The predicted octanol–water partition coefficient (Wildman–Crippen LogP) is 2.50. The van der Waals surface area contributed by atoms with Crippen molar-refractivity contribution in [2.24, 2.45) is 11.8 Å². The van der Waals surface area contributed by atoms with Crippen LogP contribution >= 0.6 is 0 Å². The minimum Gasteiger partial charge on any atom is -0.467 e. The molecule has 2 nitrogen and oxygen atoms in total. The van der Waals surface area contributed by atoms with Gasteiger partial charge in [0, 0.05) is 18.9 Å². The molecule has 1 aliphatic heterocycles. The molecule has 3 heteroatoms. The molecule has 0 bridgehead atoms. The minimum atomic E-state index is -1.06. The average Bonchev–Trinajstić information content (AvgIpc) is 2.13. The van der Waals surface area contributed by atoms with E-state index in [4.69, 9.17) is 9.47 Å². The van der Waals surface area contributed by atoms with Gasteiger partial charge in [0.05, 0.1) is 0 Å². The first-order valence-electron chi connectivity index (χ1n) is 4.64. The summed E-state index contributed by atoms with van der Waals surface area (Å²) < 4.78 is 23.8. The fraction of sp³-hybridized carbons (Fsp3) is 0.800. The van der Waals surface area contributed by atoms with E-state index in [1.54, 1.807) is 7.11 Å². The molecule has 1 saturated heterocycles. The highest BCUT2D eigenvalue weighted by atomic mass is 19.1. The van der Waals surface area contributed by atoms with Crippen molar-refractivity contribution < 1.29 is 13.9 Å². The van der Waals surface area contributed by atoms with E-state index >= 15 is 0 Å². The third kappa shape index (κ3) is 1.85. The predicted molar refractivity (Wildman–Crippen MR) is 48.9 cm³/mol. The Balaban J connectivity index is 2.74. The summed E-state index contributed by atoms with van der Waals surface area (Å²) in [5.74, 6) is 0.241. The van der Waals surface area contributed by atoms with Crippen molar-refractivity contribution in [1.29, 1.82) is 0 Å². The third-order valence-electron chi connectivity index (χ3n) is 2.77. The standard InChI is InChI=1S/C10H17FO2/c1-5-8-6(2)9(11)7(3)13-10(8)12-4/h6,8-10H,3,5H2,1-2,4H3. The Hall–Kier alpha value is -0.570. The number of hydrogen-bond donors (Lipinski definition) is 0. The molecule has 1 aliphatic rings. The van der Waals surface area contributed by atoms with E-state index in [2.05, 4.69) is 6.58 Å². The number of ether oxygens (including phenoxy) is 2. The third-order valence-corrected chi connectivity index (χ3v) is 2.77. The lowest BCUT2D eigenvalue weighted by atomic mass is 9.84. The van der Waals surface area contributed by atoms with E-state index < -0.39 is 6.17 Å². The largest absolute Gasteiger partial charge is 0.467 e. The molecular formula is C10H17FO2. The monoisotopic (exact) mass is 188 g/mol. The van der Waals surface area contributed by atoms with Crippen LogP contribution in [0, 0.1) is 11.8 Å². The lowest BCUT2D eigenvalue weighted by Gasteiger charge is -2.38. The van der Waals surface area contributed by atoms with Gasteiger partial charge in [-0.25, -0.2) is 4.39 Å². The summed E-state index contributed by atoms with van der Waals surface area (Å²) in [6.45, 7) is 7.42. The molecule has 0 aliphatic carbocycles. The van der Waals surface area contributed by atoms with Gasteiger partial charge in [0.1, 0.15) is 5.76 Å². The number of rotatable bonds is 2. The summed E-state index contributed by atoms with van der Waals surface area (Å²) in [5.41, 5.74) is 0. The maximum Gasteiger partial charge on any atom is 0.202 e. The molecular weight excluding hydrogens is 171 g/mol. The molecule has 0 N–H and O–H groups in total. The van der Waals surface area contributed by atoms with Crippen molar-refractivity contribution in [2.45, 2.75) is 32.7 Å². The molecule has 0 radical (unpaired) electrons. The molecule has 0 aromatic rings. The van der Waals surface area contributed by atoms with E-state index in [0.29, 0.717) is 0 Å². The number of hydrogen-bond acceptors (Lipinski definition) is 2. The Morgan fingerprint density at radius 2 is 2.23 bits per heavy atom. The van der Waals surface area contributed by atoms with Crippen LogP contribution in [0.5, 0.6) is 0 Å². The maximum absolute atomic E-state index is 13.4. The Labute approximate surface area is 78.7 Å². The van der Waals surface area contributed by atoms with Crippen LogP contribution in [0.4, 0.5) is 4.39 Å². The highest BCUT2D eigenvalue weighted by molar-refractivity contribution is 5.01. The summed E-state index contributed by atoms with van der Waals surface area (Å²) in [6.07, 6.45) is -0.538. The fourth-order valence-electron chi connectivity index (χ4n) is 1.85. The quantitative estimate of drug-likeness (QED) is 0.663. The molecule has 0 aromatic heterocycles. The SMILES string of the molecule is C=C1OC(OC)C(CC)C(C)C1F. The van der Waals surface area contributed by atoms with Crippen molar-refractivity contribution in [3.05, 3.63) is 12.3 Å². The van der Waals surface area contributed by atoms with E-state index in [9.17, 15) is 4.39 Å². The zero-order valence-corrected chi connectivity index (χ0v) is 8.42. The van der Waals surface area contributed by atoms with Crippen molar-refractivity contribution in [3.8, 4) is 0 Å². The first-order valence-corrected chi connectivity index (χ1v) is 4.64. The second-order valence-corrected chi connectivity index (χ2v) is 3.52. The number of methoxy groups -OCH3 is 1. The van der Waals surface area contributed by atoms with Crippen molar-refractivity contribution in [1.82, 2.24) is 0 Å². The molecule has 0 aromatic carbocycles. The molecule has 1 heterocycles. The van der Waals surface area contributed by atoms with Crippen LogP contribution in [0.2, 0.25) is 0 Å². The van der Waals surface area contributed by atoms with Crippen molar-refractivity contribution in [3.63, 3.8) is 0 Å². The van der Waals surface area contributed by atoms with E-state index in [1.165, 1.54) is 0 Å². The Morgan fingerprint density at radius 3 is 2.69 bits per heavy atom. The van der Waals surface area contributed by atoms with Gasteiger partial charge in [0.2, 0.25) is 6.29 Å². The second kappa shape index (κ2) is 4.09. The summed E-state index contributed by atoms with van der Waals surface area (Å²) in [4.78, 5) is 0. The second-order valence-electron chi connectivity index (χ2n) is 3.52. The molecule has 0 amide bonds. The van der Waals surface area contributed by atoms with Gasteiger partial charge in [-0.3, -0.25) is 0 Å². The van der Waals surface area contributed by atoms with Crippen LogP contribution in [0.1, 0.15) is 20.3 Å². The van der Waals surface area contributed by atoms with Gasteiger partial charge >= 0.3 is 0 Å². The zero-order valence-electron chi connectivity index (χ0n) is 8.42. The zero-order chi connectivity index (χ0) is 10.0. The minimum absolute atomic E-state index is 0.0730. The maximum atomic E-state index is 13.4. The van der Waals surface area contributed by atoms with Crippen LogP contribution in [0.3, 0.4) is 0 Å². The fourth-order valence-corrected chi connectivity index (χ4v) is 1.85. The molecule has 1 fully saturated rings. The van der Waals surface area contributed by atoms with Gasteiger partial charge in [0.25, 0.3) is 0 Å². The van der Waals surface area contributed by atoms with Crippen LogP contribution < -0.4 is 0 Å². The molecule has 1 rings (SSSR count). The van der Waals surface area contributed by atoms with Gasteiger partial charge in [-0.2, -0.15) is 0 Å². The number of halogens is 1. The Kier molecular flexibility index (Phi) is 3.31. The highest BCUT2D eigenvalue weighted by Crippen LogP contribution is 2.36. The van der Waals surface area contributed by atoms with Crippen LogP contribution in [0.25, 0.3) is 0 Å². The lowest BCUT2D eigenvalue weighted by Crippen LogP contribution is -2.41. The first-order chi connectivity index (χ1) is 6.11. The highest BCUT2D eigenvalue weighted by Gasteiger charge is 2.39. The smallest absolute Gasteiger partial charge is 0.202 e. The number of alkyl halides is 1. The van der Waals surface area contributed by atoms with Gasteiger partial charge in [-0.05, 0) is 6.42 Å². The van der Waals surface area contributed by atoms with Gasteiger partial charge in [-0.1, -0.05) is 20.4 Å². The Bertz CT molecular complexity index is 191. The molecule has 76 valence electrons. The van der Waals surface area contributed by atoms with Crippen LogP contribution in [0.15, 0.2) is 12.3 Å². The first kappa shape index (κ1) is 10.5. The van der Waals surface area contributed by atoms with Gasteiger partial charge in [-0.15, -0.1) is 0 Å². The summed E-state index contributed by atoms with van der Waals surface area (Å²) >= 11 is 0. The van der Waals surface area contributed by atoms with Gasteiger partial charge in [0.15, 0.2) is 6.17 Å². The molecule has 0 spiro atoms. The molecule has 13 heavy (non-hydrogen) atoms. The summed E-state index contributed by atoms with van der Waals surface area (Å²) in [7, 11) is 1.58. The topological polar surface area (TPSA) is 18.5 Å². The van der Waals surface area contributed by atoms with Crippen LogP contribution in [-0.4, -0.2) is 19.6 Å². The van der Waals surface area contributed by atoms with Crippen LogP contribution in [-0.2, 0) is 9.47 Å². The Morgan fingerprint density at radius 1 is 1.62 bits per heavy atom. The number of allylic oxidation sites excluding steroid dienone is 1. The van der Waals surface area contributed by atoms with Crippen molar-refractivity contribution in [2.75, 3.05) is 7.11 Å². The van der Waals surface area contributed by atoms with E-state index in [0.717, 1.165) is 6.42 Å². The van der Waals surface area contributed by atoms with Gasteiger partial charge < -0.3 is 9.47 Å². The van der Waals surface area contributed by atoms with E-state index in [-0.39, 0.29) is 23.9 Å². The molecule has 0 saturated carbocycles. The lowest BCUT2D eigenvalue weighted by molar-refractivity contribution is -0.180. The molecule has 4 unspecified atom stereocenters. The summed E-state index contributed by atoms with van der Waals surface area (Å²) in [6, 6.07) is 0. The molecule has 4 atom stereocenters. The average molecular weight is 188 g/mol. The normalized spacial score (nSPS) is 40.2. The van der Waals surface area contributed by atoms with Crippen molar-refractivity contribution >= 4 is 0 Å². The van der Waals surface area contributed by atoms with E-state index in [1.807, 2.05) is 13.8 Å².